The van der Waals surface area contributed by atoms with Gasteiger partial charge in [0.25, 0.3) is 0 Å². The van der Waals surface area contributed by atoms with Crippen LogP contribution in [-0.2, 0) is 14.4 Å². The standard InChI is InChI=1S/C20H20N2O3/c1-18(2)19(3)9-10-20(18,16(24)15(19)23)17(25)22-13-8-4-6-12-7-5-11-21-14(12)13/h4-8,11H,9-10H2,1-3H3,(H,22,25)/t19-,20+/m0/s1. The molecule has 0 saturated heterocycles. The highest BCUT2D eigenvalue weighted by Crippen LogP contribution is 2.69. The van der Waals surface area contributed by atoms with Crippen molar-refractivity contribution in [3.05, 3.63) is 36.5 Å². The Morgan fingerprint density at radius 3 is 2.44 bits per heavy atom. The Kier molecular flexibility index (Phi) is 3.03. The molecule has 1 aromatic carbocycles. The molecular weight excluding hydrogens is 316 g/mol. The van der Waals surface area contributed by atoms with Gasteiger partial charge in [0.1, 0.15) is 5.41 Å². The molecule has 1 aromatic heterocycles. The lowest BCUT2D eigenvalue weighted by Gasteiger charge is -2.37. The summed E-state index contributed by atoms with van der Waals surface area (Å²) in [6.45, 7) is 5.54. The lowest BCUT2D eigenvalue weighted by atomic mass is 9.64. The van der Waals surface area contributed by atoms with E-state index in [2.05, 4.69) is 10.3 Å². The molecule has 25 heavy (non-hydrogen) atoms. The number of nitrogens with one attached hydrogen (secondary N) is 1. The monoisotopic (exact) mass is 336 g/mol. The van der Waals surface area contributed by atoms with Crippen LogP contribution >= 0.6 is 0 Å². The highest BCUT2D eigenvalue weighted by molar-refractivity contribution is 6.49. The molecule has 2 atom stereocenters. The number of benzene rings is 1. The zero-order chi connectivity index (χ0) is 18.0. The molecule has 0 radical (unpaired) electrons. The molecule has 1 heterocycles. The number of para-hydroxylation sites is 1. The van der Waals surface area contributed by atoms with Gasteiger partial charge in [-0.05, 0) is 30.4 Å². The fourth-order valence-corrected chi connectivity index (χ4v) is 4.71. The average molecular weight is 336 g/mol. The molecule has 2 aliphatic rings. The topological polar surface area (TPSA) is 76.1 Å². The minimum Gasteiger partial charge on any atom is -0.323 e. The van der Waals surface area contributed by atoms with Crippen molar-refractivity contribution in [2.45, 2.75) is 33.6 Å². The smallest absolute Gasteiger partial charge is 0.239 e. The van der Waals surface area contributed by atoms with Gasteiger partial charge in [-0.15, -0.1) is 0 Å². The maximum Gasteiger partial charge on any atom is 0.239 e. The zero-order valence-electron chi connectivity index (χ0n) is 14.6. The second-order valence-electron chi connectivity index (χ2n) is 7.86. The van der Waals surface area contributed by atoms with Crippen LogP contribution in [0.3, 0.4) is 0 Å². The van der Waals surface area contributed by atoms with Gasteiger partial charge in [-0.2, -0.15) is 0 Å². The lowest BCUT2D eigenvalue weighted by molar-refractivity contribution is -0.147. The number of pyridine rings is 1. The highest BCUT2D eigenvalue weighted by atomic mass is 16.2. The molecule has 4 rings (SSSR count). The van der Waals surface area contributed by atoms with Crippen molar-refractivity contribution in [2.24, 2.45) is 16.2 Å². The van der Waals surface area contributed by atoms with E-state index in [1.54, 1.807) is 12.3 Å². The molecule has 1 amide bonds. The summed E-state index contributed by atoms with van der Waals surface area (Å²) in [5.74, 6) is -1.35. The summed E-state index contributed by atoms with van der Waals surface area (Å²) in [6, 6.07) is 9.26. The Balaban J connectivity index is 1.79. The minimum atomic E-state index is -1.30. The molecule has 2 aliphatic carbocycles. The van der Waals surface area contributed by atoms with Crippen molar-refractivity contribution in [3.8, 4) is 0 Å². The number of fused-ring (bicyclic) bond motifs is 3. The number of amides is 1. The second-order valence-corrected chi connectivity index (χ2v) is 7.86. The predicted octanol–water partition coefficient (Wildman–Crippen LogP) is 3.14. The summed E-state index contributed by atoms with van der Waals surface area (Å²) in [5, 5.41) is 3.80. The van der Waals surface area contributed by atoms with Crippen molar-refractivity contribution in [3.63, 3.8) is 0 Å². The number of hydrogen-bond acceptors (Lipinski definition) is 4. The first-order valence-electron chi connectivity index (χ1n) is 8.50. The number of Topliss-reactive ketones (excluding diaryl/α,β-unsaturated/α-hetero) is 2. The number of carbonyl (C=O) groups is 3. The van der Waals surface area contributed by atoms with Gasteiger partial charge in [0.05, 0.1) is 11.2 Å². The first kappa shape index (κ1) is 15.9. The van der Waals surface area contributed by atoms with Gasteiger partial charge in [-0.3, -0.25) is 19.4 Å². The van der Waals surface area contributed by atoms with Crippen LogP contribution in [0.15, 0.2) is 36.5 Å². The Labute approximate surface area is 145 Å². The Bertz CT molecular complexity index is 944. The number of ketones is 2. The van der Waals surface area contributed by atoms with Crippen molar-refractivity contribution in [1.82, 2.24) is 4.98 Å². The molecule has 5 heteroatoms. The van der Waals surface area contributed by atoms with E-state index in [0.717, 1.165) is 5.39 Å². The normalized spacial score (nSPS) is 30.0. The molecule has 1 N–H and O–H groups in total. The van der Waals surface area contributed by atoms with Crippen LogP contribution in [0.1, 0.15) is 33.6 Å². The molecule has 5 nitrogen and oxygen atoms in total. The summed E-state index contributed by atoms with van der Waals surface area (Å²) in [5.41, 5.74) is -1.54. The molecule has 0 aliphatic heterocycles. The largest absolute Gasteiger partial charge is 0.323 e. The van der Waals surface area contributed by atoms with Crippen molar-refractivity contribution in [2.75, 3.05) is 5.32 Å². The summed E-state index contributed by atoms with van der Waals surface area (Å²) in [7, 11) is 0. The minimum absolute atomic E-state index is 0.393. The van der Waals surface area contributed by atoms with Gasteiger partial charge in [0, 0.05) is 17.0 Å². The SMILES string of the molecule is CC1(C)[C@]2(C(=O)Nc3cccc4cccnc34)CC[C@@]1(C)C(=O)C2=O. The zero-order valence-corrected chi connectivity index (χ0v) is 14.6. The van der Waals surface area contributed by atoms with Crippen LogP contribution in [0.4, 0.5) is 5.69 Å². The summed E-state index contributed by atoms with van der Waals surface area (Å²) in [4.78, 5) is 42.9. The number of nitrogens with zero attached hydrogens (tertiary/aromatic N) is 1. The number of anilines is 1. The fraction of sp³-hybridized carbons (Fsp3) is 0.400. The van der Waals surface area contributed by atoms with Gasteiger partial charge in [0.2, 0.25) is 17.5 Å². The maximum absolute atomic E-state index is 13.2. The third-order valence-electron chi connectivity index (χ3n) is 6.81. The average Bonchev–Trinajstić information content (AvgIpc) is 2.87. The van der Waals surface area contributed by atoms with E-state index in [9.17, 15) is 14.4 Å². The second kappa shape index (κ2) is 4.75. The van der Waals surface area contributed by atoms with Crippen molar-refractivity contribution >= 4 is 34.1 Å². The van der Waals surface area contributed by atoms with Crippen molar-refractivity contribution < 1.29 is 14.4 Å². The van der Waals surface area contributed by atoms with Crippen LogP contribution in [0.5, 0.6) is 0 Å². The third kappa shape index (κ3) is 1.68. The maximum atomic E-state index is 13.2. The van der Waals surface area contributed by atoms with Crippen LogP contribution in [-0.4, -0.2) is 22.5 Å². The number of rotatable bonds is 2. The molecule has 0 spiro atoms. The van der Waals surface area contributed by atoms with Crippen LogP contribution in [0, 0.1) is 16.2 Å². The van der Waals surface area contributed by atoms with E-state index in [1.807, 2.05) is 45.0 Å². The van der Waals surface area contributed by atoms with E-state index in [4.69, 9.17) is 0 Å². The molecule has 128 valence electrons. The summed E-state index contributed by atoms with van der Waals surface area (Å²) >= 11 is 0. The van der Waals surface area contributed by atoms with E-state index in [1.165, 1.54) is 0 Å². The number of carbonyl (C=O) groups excluding carboxylic acids is 3. The van der Waals surface area contributed by atoms with E-state index in [0.29, 0.717) is 24.0 Å². The van der Waals surface area contributed by atoms with E-state index < -0.39 is 33.7 Å². The quantitative estimate of drug-likeness (QED) is 0.675. The van der Waals surface area contributed by atoms with E-state index >= 15 is 0 Å². The van der Waals surface area contributed by atoms with Crippen LogP contribution in [0.25, 0.3) is 10.9 Å². The number of hydrogen-bond donors (Lipinski definition) is 1. The highest BCUT2D eigenvalue weighted by Gasteiger charge is 2.77. The van der Waals surface area contributed by atoms with Crippen LogP contribution < -0.4 is 5.32 Å². The van der Waals surface area contributed by atoms with Crippen molar-refractivity contribution in [1.29, 1.82) is 0 Å². The summed E-state index contributed by atoms with van der Waals surface area (Å²) in [6.07, 6.45) is 2.63. The Hall–Kier alpha value is -2.56. The van der Waals surface area contributed by atoms with Crippen LogP contribution in [0.2, 0.25) is 0 Å². The first-order chi connectivity index (χ1) is 11.8. The molecule has 2 saturated carbocycles. The Morgan fingerprint density at radius 2 is 1.76 bits per heavy atom. The number of aromatic nitrogens is 1. The fourth-order valence-electron chi connectivity index (χ4n) is 4.71. The molecular formula is C20H20N2O3. The first-order valence-corrected chi connectivity index (χ1v) is 8.50. The lowest BCUT2D eigenvalue weighted by Crippen LogP contribution is -2.47. The molecule has 2 fully saturated rings. The van der Waals surface area contributed by atoms with Gasteiger partial charge in [0.15, 0.2) is 0 Å². The van der Waals surface area contributed by atoms with Gasteiger partial charge >= 0.3 is 0 Å². The molecule has 0 unspecified atom stereocenters. The Morgan fingerprint density at radius 1 is 1.04 bits per heavy atom. The predicted molar refractivity (Wildman–Crippen MR) is 93.9 cm³/mol. The summed E-state index contributed by atoms with van der Waals surface area (Å²) < 4.78 is 0. The molecule has 2 aromatic rings. The molecule has 2 bridgehead atoms. The van der Waals surface area contributed by atoms with E-state index in [-0.39, 0.29) is 0 Å². The third-order valence-corrected chi connectivity index (χ3v) is 6.81. The van der Waals surface area contributed by atoms with Gasteiger partial charge in [-0.1, -0.05) is 39.0 Å². The van der Waals surface area contributed by atoms with Gasteiger partial charge in [-0.25, -0.2) is 0 Å². The van der Waals surface area contributed by atoms with Gasteiger partial charge < -0.3 is 5.32 Å².